The lowest BCUT2D eigenvalue weighted by atomic mass is 10.3. The number of anilines is 2. The number of hydrogen-bond donors (Lipinski definition) is 3. The van der Waals surface area contributed by atoms with E-state index in [9.17, 15) is 4.79 Å². The van der Waals surface area contributed by atoms with Crippen molar-refractivity contribution in [2.45, 2.75) is 45.1 Å². The van der Waals surface area contributed by atoms with E-state index >= 15 is 0 Å². The third-order valence-corrected chi connectivity index (χ3v) is 2.81. The Hall–Kier alpha value is -1.85. The minimum absolute atomic E-state index is 0.0342. The van der Waals surface area contributed by atoms with Crippen LogP contribution in [0.3, 0.4) is 0 Å². The van der Waals surface area contributed by atoms with E-state index in [1.165, 1.54) is 0 Å². The van der Waals surface area contributed by atoms with Crippen LogP contribution in [0.1, 0.15) is 44.9 Å². The van der Waals surface area contributed by atoms with E-state index in [1.807, 2.05) is 13.8 Å². The number of aromatic nitrogens is 2. The summed E-state index contributed by atoms with van der Waals surface area (Å²) < 4.78 is 0. The molecule has 0 saturated heterocycles. The number of amides is 1. The van der Waals surface area contributed by atoms with Gasteiger partial charge in [0.05, 0.1) is 0 Å². The van der Waals surface area contributed by atoms with Crippen molar-refractivity contribution in [3.05, 3.63) is 11.9 Å². The summed E-state index contributed by atoms with van der Waals surface area (Å²) in [6.45, 7) is 4.43. The van der Waals surface area contributed by atoms with Crippen molar-refractivity contribution in [2.24, 2.45) is 0 Å². The van der Waals surface area contributed by atoms with E-state index in [-0.39, 0.29) is 11.9 Å². The van der Waals surface area contributed by atoms with E-state index in [0.29, 0.717) is 30.5 Å². The summed E-state index contributed by atoms with van der Waals surface area (Å²) in [6, 6.07) is 1.87. The van der Waals surface area contributed by atoms with Gasteiger partial charge in [0.15, 0.2) is 0 Å². The zero-order valence-electron chi connectivity index (χ0n) is 11.4. The maximum absolute atomic E-state index is 11.5. The van der Waals surface area contributed by atoms with E-state index in [2.05, 4.69) is 20.6 Å². The quantitative estimate of drug-likeness (QED) is 0.718. The first-order valence-corrected chi connectivity index (χ1v) is 6.72. The highest BCUT2D eigenvalue weighted by Gasteiger charge is 2.27. The van der Waals surface area contributed by atoms with Crippen molar-refractivity contribution in [1.82, 2.24) is 15.3 Å². The Bertz CT molecular complexity index is 456. The van der Waals surface area contributed by atoms with Crippen molar-refractivity contribution in [3.8, 4) is 0 Å². The van der Waals surface area contributed by atoms with E-state index in [0.717, 1.165) is 18.7 Å². The molecule has 0 bridgehead atoms. The second-order valence-corrected chi connectivity index (χ2v) is 5.21. The lowest BCUT2D eigenvalue weighted by Crippen LogP contribution is -2.31. The van der Waals surface area contributed by atoms with Gasteiger partial charge < -0.3 is 16.4 Å². The smallest absolute Gasteiger partial charge is 0.221 e. The van der Waals surface area contributed by atoms with Gasteiger partial charge in [0, 0.05) is 31.0 Å². The van der Waals surface area contributed by atoms with E-state index < -0.39 is 0 Å². The van der Waals surface area contributed by atoms with Crippen LogP contribution < -0.4 is 16.4 Å². The first-order chi connectivity index (χ1) is 9.04. The topological polar surface area (TPSA) is 92.9 Å². The molecule has 0 aliphatic heterocycles. The average molecular weight is 263 g/mol. The van der Waals surface area contributed by atoms with Gasteiger partial charge >= 0.3 is 0 Å². The second kappa shape index (κ2) is 5.86. The number of rotatable bonds is 6. The molecule has 0 radical (unpaired) electrons. The van der Waals surface area contributed by atoms with Crippen LogP contribution in [0.4, 0.5) is 11.6 Å². The van der Waals surface area contributed by atoms with Crippen molar-refractivity contribution in [3.63, 3.8) is 0 Å². The maximum Gasteiger partial charge on any atom is 0.221 e. The summed E-state index contributed by atoms with van der Waals surface area (Å²) in [4.78, 5) is 20.1. The minimum Gasteiger partial charge on any atom is -0.384 e. The molecule has 0 aromatic carbocycles. The third kappa shape index (κ3) is 4.39. The first kappa shape index (κ1) is 13.6. The number of carbonyl (C=O) groups excluding carboxylic acids is 1. The number of hydrogen-bond acceptors (Lipinski definition) is 5. The molecule has 1 fully saturated rings. The lowest BCUT2D eigenvalue weighted by molar-refractivity contribution is -0.121. The monoisotopic (exact) mass is 263 g/mol. The molecular formula is C13H21N5O. The van der Waals surface area contributed by atoms with Gasteiger partial charge in [-0.05, 0) is 26.7 Å². The van der Waals surface area contributed by atoms with Crippen molar-refractivity contribution in [2.75, 3.05) is 17.6 Å². The highest BCUT2D eigenvalue weighted by atomic mass is 16.1. The molecule has 0 spiro atoms. The Morgan fingerprint density at radius 1 is 1.47 bits per heavy atom. The van der Waals surface area contributed by atoms with Crippen LogP contribution in [0.5, 0.6) is 0 Å². The molecule has 0 unspecified atom stereocenters. The van der Waals surface area contributed by atoms with Crippen LogP contribution in [-0.2, 0) is 4.79 Å². The van der Waals surface area contributed by atoms with Gasteiger partial charge in [0.25, 0.3) is 0 Å². The molecule has 1 aliphatic rings. The van der Waals surface area contributed by atoms with Gasteiger partial charge in [-0.25, -0.2) is 9.97 Å². The van der Waals surface area contributed by atoms with Crippen LogP contribution in [0.15, 0.2) is 6.07 Å². The fourth-order valence-corrected chi connectivity index (χ4v) is 1.80. The molecule has 0 atom stereocenters. The molecule has 104 valence electrons. The molecule has 1 saturated carbocycles. The molecule has 1 amide bonds. The summed E-state index contributed by atoms with van der Waals surface area (Å²) in [5.41, 5.74) is 5.75. The summed E-state index contributed by atoms with van der Waals surface area (Å²) in [5.74, 6) is 2.49. The Kier molecular flexibility index (Phi) is 4.19. The Labute approximate surface area is 113 Å². The Balaban J connectivity index is 1.84. The number of nitrogen functional groups attached to an aromatic ring is 1. The first-order valence-electron chi connectivity index (χ1n) is 6.72. The van der Waals surface area contributed by atoms with Crippen LogP contribution >= 0.6 is 0 Å². The number of nitrogens with zero attached hydrogens (tertiary/aromatic N) is 2. The number of carbonyl (C=O) groups is 1. The van der Waals surface area contributed by atoms with Gasteiger partial charge in [0.1, 0.15) is 17.5 Å². The second-order valence-electron chi connectivity index (χ2n) is 5.21. The fourth-order valence-electron chi connectivity index (χ4n) is 1.80. The summed E-state index contributed by atoms with van der Waals surface area (Å²) in [7, 11) is 0. The SMILES string of the molecule is CC(C)NC(=O)CCNc1cc(N)nc(C2CC2)n1. The predicted molar refractivity (Wildman–Crippen MR) is 74.8 cm³/mol. The van der Waals surface area contributed by atoms with Crippen molar-refractivity contribution >= 4 is 17.5 Å². The van der Waals surface area contributed by atoms with E-state index in [1.54, 1.807) is 6.07 Å². The molecule has 19 heavy (non-hydrogen) atoms. The van der Waals surface area contributed by atoms with Crippen LogP contribution in [0.2, 0.25) is 0 Å². The zero-order valence-corrected chi connectivity index (χ0v) is 11.4. The normalized spacial score (nSPS) is 14.5. The van der Waals surface area contributed by atoms with Crippen LogP contribution in [0.25, 0.3) is 0 Å². The Morgan fingerprint density at radius 3 is 2.84 bits per heavy atom. The molecule has 2 rings (SSSR count). The highest BCUT2D eigenvalue weighted by Crippen LogP contribution is 2.38. The minimum atomic E-state index is 0.0342. The van der Waals surface area contributed by atoms with Gasteiger partial charge in [-0.1, -0.05) is 0 Å². The summed E-state index contributed by atoms with van der Waals surface area (Å²) in [6.07, 6.45) is 2.69. The van der Waals surface area contributed by atoms with Crippen molar-refractivity contribution < 1.29 is 4.79 Å². The van der Waals surface area contributed by atoms with Crippen LogP contribution in [0, 0.1) is 0 Å². The highest BCUT2D eigenvalue weighted by molar-refractivity contribution is 5.76. The van der Waals surface area contributed by atoms with Crippen LogP contribution in [-0.4, -0.2) is 28.5 Å². The zero-order chi connectivity index (χ0) is 13.8. The third-order valence-electron chi connectivity index (χ3n) is 2.81. The summed E-state index contributed by atoms with van der Waals surface area (Å²) >= 11 is 0. The van der Waals surface area contributed by atoms with Crippen molar-refractivity contribution in [1.29, 1.82) is 0 Å². The molecule has 4 N–H and O–H groups in total. The lowest BCUT2D eigenvalue weighted by Gasteiger charge is -2.10. The summed E-state index contributed by atoms with van der Waals surface area (Å²) in [5, 5.41) is 5.96. The molecule has 1 heterocycles. The molecule has 1 aliphatic carbocycles. The molecule has 1 aromatic rings. The number of nitrogens with two attached hydrogens (primary N) is 1. The molecule has 6 nitrogen and oxygen atoms in total. The molecule has 1 aromatic heterocycles. The Morgan fingerprint density at radius 2 is 2.21 bits per heavy atom. The van der Waals surface area contributed by atoms with Gasteiger partial charge in [-0.2, -0.15) is 0 Å². The van der Waals surface area contributed by atoms with E-state index in [4.69, 9.17) is 5.73 Å². The fraction of sp³-hybridized carbons (Fsp3) is 0.615. The van der Waals surface area contributed by atoms with Gasteiger partial charge in [-0.3, -0.25) is 4.79 Å². The maximum atomic E-state index is 11.5. The van der Waals surface area contributed by atoms with Gasteiger partial charge in [0.2, 0.25) is 5.91 Å². The standard InChI is InChI=1S/C13H21N5O/c1-8(2)16-12(19)5-6-15-11-7-10(14)17-13(18-11)9-3-4-9/h7-9H,3-6H2,1-2H3,(H,16,19)(H3,14,15,17,18). The molecular weight excluding hydrogens is 242 g/mol. The van der Waals surface area contributed by atoms with Gasteiger partial charge in [-0.15, -0.1) is 0 Å². The molecule has 6 heteroatoms. The predicted octanol–water partition coefficient (Wildman–Crippen LogP) is 1.26. The largest absolute Gasteiger partial charge is 0.384 e. The number of nitrogens with one attached hydrogen (secondary N) is 2. The average Bonchev–Trinajstić information content (AvgIpc) is 3.10.